The van der Waals surface area contributed by atoms with Crippen molar-refractivity contribution in [3.8, 4) is 27.8 Å². The minimum Gasteiger partial charge on any atom is -0.464 e. The van der Waals surface area contributed by atoms with E-state index in [1.807, 2.05) is 54.6 Å². The van der Waals surface area contributed by atoms with E-state index in [1.165, 1.54) is 18.4 Å². The van der Waals surface area contributed by atoms with Gasteiger partial charge in [0.2, 0.25) is 0 Å². The van der Waals surface area contributed by atoms with Gasteiger partial charge >= 0.3 is 5.97 Å². The Hall–Kier alpha value is -5.60. The van der Waals surface area contributed by atoms with Crippen molar-refractivity contribution in [1.82, 2.24) is 15.2 Å². The third-order valence-corrected chi connectivity index (χ3v) is 6.72. The number of nitrogens with zero attached hydrogens (tertiary/aromatic N) is 4. The van der Waals surface area contributed by atoms with E-state index in [-0.39, 0.29) is 11.7 Å². The predicted molar refractivity (Wildman–Crippen MR) is 156 cm³/mol. The van der Waals surface area contributed by atoms with Crippen LogP contribution in [0.4, 0.5) is 22.3 Å². The molecule has 0 aliphatic rings. The molecule has 0 spiro atoms. The highest BCUT2D eigenvalue weighted by Gasteiger charge is 2.21. The molecule has 10 nitrogen and oxygen atoms in total. The summed E-state index contributed by atoms with van der Waals surface area (Å²) in [7, 11) is 1.30. The van der Waals surface area contributed by atoms with Crippen molar-refractivity contribution in [2.75, 3.05) is 23.1 Å². The molecular weight excluding hydrogens is 524 g/mol. The third kappa shape index (κ3) is 5.93. The average molecular weight is 547 g/mol. The summed E-state index contributed by atoms with van der Waals surface area (Å²) in [5, 5.41) is 35.5. The van der Waals surface area contributed by atoms with Gasteiger partial charge in [-0.25, -0.2) is 9.78 Å². The van der Waals surface area contributed by atoms with Crippen molar-refractivity contribution in [2.24, 2.45) is 0 Å². The fraction of sp³-hybridized carbons (Fsp3) is 0.0345. The van der Waals surface area contributed by atoms with Crippen LogP contribution in [0.3, 0.4) is 0 Å². The van der Waals surface area contributed by atoms with Crippen molar-refractivity contribution in [3.63, 3.8) is 0 Å². The quantitative estimate of drug-likeness (QED) is 0.107. The van der Waals surface area contributed by atoms with E-state index in [9.17, 15) is 4.79 Å². The molecule has 2 aromatic heterocycles. The number of carbonyl (C=O) groups excluding carboxylic acids is 1. The topological polar surface area (TPSA) is 149 Å². The zero-order valence-electron chi connectivity index (χ0n) is 21.2. The van der Waals surface area contributed by atoms with Gasteiger partial charge in [0.05, 0.1) is 40.7 Å². The fourth-order valence-corrected chi connectivity index (χ4v) is 4.74. The molecule has 0 unspecified atom stereocenters. The molecule has 0 fully saturated rings. The minimum absolute atomic E-state index is 0.0105. The molecule has 0 aliphatic heterocycles. The Kier molecular flexibility index (Phi) is 7.71. The molecule has 40 heavy (non-hydrogen) atoms. The largest absolute Gasteiger partial charge is 0.464 e. The van der Waals surface area contributed by atoms with Crippen molar-refractivity contribution < 1.29 is 9.53 Å². The number of nitriles is 1. The van der Waals surface area contributed by atoms with Crippen LogP contribution in [0.2, 0.25) is 0 Å². The number of para-hydroxylation sites is 2. The lowest BCUT2D eigenvalue weighted by Crippen LogP contribution is -2.21. The third-order valence-electron chi connectivity index (χ3n) is 5.70. The van der Waals surface area contributed by atoms with Crippen molar-refractivity contribution in [1.29, 1.82) is 10.7 Å². The van der Waals surface area contributed by atoms with Crippen molar-refractivity contribution in [3.05, 3.63) is 102 Å². The van der Waals surface area contributed by atoms with E-state index in [1.54, 1.807) is 36.4 Å². The second kappa shape index (κ2) is 11.8. The molecular formula is C29H22N8O2S. The van der Waals surface area contributed by atoms with Gasteiger partial charge in [0.1, 0.15) is 0 Å². The van der Waals surface area contributed by atoms with Gasteiger partial charge in [0.25, 0.3) is 0 Å². The van der Waals surface area contributed by atoms with Crippen LogP contribution in [0, 0.1) is 16.7 Å². The van der Waals surface area contributed by atoms with E-state index in [0.29, 0.717) is 32.8 Å². The molecule has 0 saturated carbocycles. The molecule has 0 radical (unpaired) electrons. The maximum absolute atomic E-state index is 12.5. The van der Waals surface area contributed by atoms with Gasteiger partial charge in [-0.15, -0.1) is 10.2 Å². The molecule has 0 atom stereocenters. The van der Waals surface area contributed by atoms with Gasteiger partial charge in [0, 0.05) is 5.56 Å². The molecule has 11 heteroatoms. The number of esters is 1. The lowest BCUT2D eigenvalue weighted by molar-refractivity contribution is 0.0596. The zero-order valence-corrected chi connectivity index (χ0v) is 22.0. The lowest BCUT2D eigenvalue weighted by Gasteiger charge is -2.14. The lowest BCUT2D eigenvalue weighted by atomic mass is 10.1. The first-order valence-corrected chi connectivity index (χ1v) is 12.8. The number of nitrogens with one attached hydrogen (secondary N) is 4. The van der Waals surface area contributed by atoms with Gasteiger partial charge in [-0.1, -0.05) is 65.9 Å². The number of aromatic nitrogens is 3. The highest BCUT2D eigenvalue weighted by molar-refractivity contribution is 7.19. The summed E-state index contributed by atoms with van der Waals surface area (Å²) in [6.07, 6.45) is 0. The number of rotatable bonds is 7. The van der Waals surface area contributed by atoms with Crippen LogP contribution >= 0.6 is 11.3 Å². The number of hydrogen-bond donors (Lipinski definition) is 4. The molecule has 0 bridgehead atoms. The molecule has 0 aliphatic carbocycles. The van der Waals surface area contributed by atoms with Gasteiger partial charge in [0.15, 0.2) is 22.6 Å². The molecule has 2 heterocycles. The number of hydrogen-bond acceptors (Lipinski definition) is 9. The Morgan fingerprint density at radius 1 is 0.875 bits per heavy atom. The van der Waals surface area contributed by atoms with Crippen LogP contribution in [0.15, 0.2) is 91.0 Å². The van der Waals surface area contributed by atoms with E-state index in [0.717, 1.165) is 16.8 Å². The summed E-state index contributed by atoms with van der Waals surface area (Å²) in [4.78, 5) is 17.5. The van der Waals surface area contributed by atoms with Gasteiger partial charge in [-0.3, -0.25) is 5.41 Å². The summed E-state index contributed by atoms with van der Waals surface area (Å²) in [5.41, 5.74) is 4.34. The Bertz CT molecular complexity index is 1700. The summed E-state index contributed by atoms with van der Waals surface area (Å²) in [5.74, 6) is -0.165. The van der Waals surface area contributed by atoms with E-state index >= 15 is 0 Å². The second-order valence-electron chi connectivity index (χ2n) is 8.34. The summed E-state index contributed by atoms with van der Waals surface area (Å²) in [6, 6.07) is 29.6. The Morgan fingerprint density at radius 2 is 1.60 bits per heavy atom. The standard InChI is InChI=1S/C29H22N8O2S/c1-39-27(38)25-26(20-13-11-18(17-30)12-14-20)40-29(35-25)33-23-10-6-5-9-22(23)32-28(31)34-24-16-15-21(36-37-24)19-7-3-2-4-8-19/h2-16H,1H3,(H,33,35)(H3,31,32,34,37). The number of methoxy groups -OCH3 is 1. The Morgan fingerprint density at radius 3 is 2.27 bits per heavy atom. The Labute approximate surface area is 233 Å². The van der Waals surface area contributed by atoms with Crippen LogP contribution in [0.5, 0.6) is 0 Å². The highest BCUT2D eigenvalue weighted by Crippen LogP contribution is 2.36. The normalized spacial score (nSPS) is 10.3. The monoisotopic (exact) mass is 546 g/mol. The maximum Gasteiger partial charge on any atom is 0.358 e. The molecule has 0 amide bonds. The average Bonchev–Trinajstić information content (AvgIpc) is 3.42. The van der Waals surface area contributed by atoms with Crippen LogP contribution < -0.4 is 16.0 Å². The van der Waals surface area contributed by atoms with Crippen LogP contribution in [0.25, 0.3) is 21.7 Å². The maximum atomic E-state index is 12.5. The van der Waals surface area contributed by atoms with Gasteiger partial charge in [-0.2, -0.15) is 5.26 Å². The molecule has 5 aromatic rings. The number of carbonyl (C=O) groups is 1. The number of guanidine groups is 1. The first-order valence-electron chi connectivity index (χ1n) is 12.0. The molecule has 5 rings (SSSR count). The van der Waals surface area contributed by atoms with Gasteiger partial charge < -0.3 is 20.7 Å². The van der Waals surface area contributed by atoms with Crippen molar-refractivity contribution in [2.45, 2.75) is 0 Å². The Balaban J connectivity index is 1.32. The summed E-state index contributed by atoms with van der Waals surface area (Å²) in [6.45, 7) is 0. The second-order valence-corrected chi connectivity index (χ2v) is 9.34. The number of anilines is 4. The van der Waals surface area contributed by atoms with E-state index in [4.69, 9.17) is 15.4 Å². The summed E-state index contributed by atoms with van der Waals surface area (Å²) < 4.78 is 4.94. The van der Waals surface area contributed by atoms with E-state index < -0.39 is 5.97 Å². The van der Waals surface area contributed by atoms with Crippen LogP contribution in [0.1, 0.15) is 16.1 Å². The van der Waals surface area contributed by atoms with E-state index in [2.05, 4.69) is 37.2 Å². The minimum atomic E-state index is -0.569. The van der Waals surface area contributed by atoms with Gasteiger partial charge in [-0.05, 0) is 42.0 Å². The highest BCUT2D eigenvalue weighted by atomic mass is 32.1. The first-order chi connectivity index (χ1) is 19.5. The van der Waals surface area contributed by atoms with Crippen molar-refractivity contribution >= 4 is 45.6 Å². The summed E-state index contributed by atoms with van der Waals surface area (Å²) >= 11 is 1.27. The SMILES string of the molecule is COC(=O)c1nc(Nc2ccccc2NC(=N)Nc2ccc(-c3ccccc3)nn2)sc1-c1ccc(C#N)cc1. The predicted octanol–water partition coefficient (Wildman–Crippen LogP) is 6.13. The zero-order chi connectivity index (χ0) is 27.9. The van der Waals surface area contributed by atoms with Crippen LogP contribution in [-0.2, 0) is 4.74 Å². The smallest absolute Gasteiger partial charge is 0.358 e. The molecule has 4 N–H and O–H groups in total. The molecule has 3 aromatic carbocycles. The molecule has 0 saturated heterocycles. The first kappa shape index (κ1) is 26.0. The fourth-order valence-electron chi connectivity index (χ4n) is 3.77. The number of benzene rings is 3. The number of ether oxygens (including phenoxy) is 1. The molecule has 196 valence electrons. The number of thiazole rings is 1. The van der Waals surface area contributed by atoms with Crippen LogP contribution in [-0.4, -0.2) is 34.2 Å².